The Morgan fingerprint density at radius 1 is 1.29 bits per heavy atom. The Balaban J connectivity index is 2.41. The molecular weight excluding hydrogens is 422 g/mol. The van der Waals surface area contributed by atoms with Gasteiger partial charge in [0.1, 0.15) is 11.4 Å². The molecule has 0 fully saturated rings. The van der Waals surface area contributed by atoms with Gasteiger partial charge < -0.3 is 4.74 Å². The van der Waals surface area contributed by atoms with E-state index >= 15 is 0 Å². The van der Waals surface area contributed by atoms with Crippen molar-refractivity contribution in [3.8, 4) is 0 Å². The van der Waals surface area contributed by atoms with Gasteiger partial charge in [-0.05, 0) is 54.5 Å². The minimum atomic E-state index is -0.653. The molecule has 0 spiro atoms. The lowest BCUT2D eigenvalue weighted by Gasteiger charge is -2.21. The fraction of sp³-hybridized carbons (Fsp3) is 0.222. The summed E-state index contributed by atoms with van der Waals surface area (Å²) in [5.41, 5.74) is 1.18. The third kappa shape index (κ3) is 4.53. The standard InChI is InChI=1S/C18H18FIN2O2/c1-11(12-8-6-5-7-9-12)14-15(20)13(19)10-21-16(14)22-17(23)24-18(2,3)4/h5-10H,1H2,2-4H3,(H,21,22,23). The highest BCUT2D eigenvalue weighted by Crippen LogP contribution is 2.32. The molecule has 1 N–H and O–H groups in total. The quantitative estimate of drug-likeness (QED) is 0.665. The number of nitrogens with one attached hydrogen (secondary N) is 1. The summed E-state index contributed by atoms with van der Waals surface area (Å²) in [6, 6.07) is 9.33. The molecule has 0 saturated heterocycles. The van der Waals surface area contributed by atoms with Crippen LogP contribution >= 0.6 is 22.6 Å². The number of hydrogen-bond acceptors (Lipinski definition) is 3. The molecule has 1 amide bonds. The van der Waals surface area contributed by atoms with E-state index in [-0.39, 0.29) is 5.82 Å². The predicted molar refractivity (Wildman–Crippen MR) is 101 cm³/mol. The second-order valence-electron chi connectivity index (χ2n) is 6.12. The fourth-order valence-electron chi connectivity index (χ4n) is 2.02. The van der Waals surface area contributed by atoms with Gasteiger partial charge in [0.15, 0.2) is 5.82 Å². The molecule has 4 nitrogen and oxygen atoms in total. The Kier molecular flexibility index (Phi) is 5.58. The van der Waals surface area contributed by atoms with Crippen molar-refractivity contribution < 1.29 is 13.9 Å². The van der Waals surface area contributed by atoms with E-state index in [1.54, 1.807) is 20.8 Å². The van der Waals surface area contributed by atoms with Crippen LogP contribution in [0.25, 0.3) is 5.57 Å². The van der Waals surface area contributed by atoms with Crippen LogP contribution in [0.5, 0.6) is 0 Å². The summed E-state index contributed by atoms with van der Waals surface area (Å²) in [6.07, 6.45) is 0.413. The molecule has 0 aliphatic heterocycles. The number of ether oxygens (including phenoxy) is 1. The third-order valence-electron chi connectivity index (χ3n) is 3.02. The van der Waals surface area contributed by atoms with Crippen LogP contribution in [-0.2, 0) is 4.74 Å². The van der Waals surface area contributed by atoms with Crippen molar-refractivity contribution in [1.82, 2.24) is 4.98 Å². The maximum Gasteiger partial charge on any atom is 0.413 e. The van der Waals surface area contributed by atoms with Crippen molar-refractivity contribution in [2.24, 2.45) is 0 Å². The summed E-state index contributed by atoms with van der Waals surface area (Å²) in [5, 5.41) is 2.58. The largest absolute Gasteiger partial charge is 0.444 e. The maximum atomic E-state index is 14.0. The van der Waals surface area contributed by atoms with Gasteiger partial charge in [0, 0.05) is 5.56 Å². The van der Waals surface area contributed by atoms with Crippen LogP contribution in [0.3, 0.4) is 0 Å². The minimum Gasteiger partial charge on any atom is -0.444 e. The second-order valence-corrected chi connectivity index (χ2v) is 7.19. The minimum absolute atomic E-state index is 0.212. The van der Waals surface area contributed by atoms with Crippen LogP contribution in [0.15, 0.2) is 43.1 Å². The van der Waals surface area contributed by atoms with Crippen LogP contribution < -0.4 is 5.32 Å². The van der Waals surface area contributed by atoms with Gasteiger partial charge in [-0.2, -0.15) is 0 Å². The number of aromatic nitrogens is 1. The van der Waals surface area contributed by atoms with Gasteiger partial charge in [-0.15, -0.1) is 0 Å². The molecule has 1 aromatic heterocycles. The molecule has 0 aliphatic carbocycles. The van der Waals surface area contributed by atoms with Crippen molar-refractivity contribution >= 4 is 40.1 Å². The number of carbonyl (C=O) groups excluding carboxylic acids is 1. The lowest BCUT2D eigenvalue weighted by atomic mass is 10.00. The van der Waals surface area contributed by atoms with Crippen molar-refractivity contribution in [3.63, 3.8) is 0 Å². The lowest BCUT2D eigenvalue weighted by Crippen LogP contribution is -2.28. The van der Waals surface area contributed by atoms with Crippen LogP contribution in [0.2, 0.25) is 0 Å². The Morgan fingerprint density at radius 3 is 2.50 bits per heavy atom. The van der Waals surface area contributed by atoms with Crippen LogP contribution in [-0.4, -0.2) is 16.7 Å². The van der Waals surface area contributed by atoms with Crippen molar-refractivity contribution in [1.29, 1.82) is 0 Å². The second kappa shape index (κ2) is 7.29. The van der Waals surface area contributed by atoms with Crippen molar-refractivity contribution in [2.45, 2.75) is 26.4 Å². The summed E-state index contributed by atoms with van der Waals surface area (Å²) >= 11 is 1.88. The molecule has 6 heteroatoms. The Morgan fingerprint density at radius 2 is 1.92 bits per heavy atom. The molecule has 0 unspecified atom stereocenters. The van der Waals surface area contributed by atoms with Gasteiger partial charge in [-0.3, -0.25) is 5.32 Å². The number of hydrogen-bond donors (Lipinski definition) is 1. The highest BCUT2D eigenvalue weighted by Gasteiger charge is 2.21. The van der Waals surface area contributed by atoms with Gasteiger partial charge in [-0.1, -0.05) is 36.9 Å². The molecule has 0 radical (unpaired) electrons. The summed E-state index contributed by atoms with van der Waals surface area (Å²) < 4.78 is 19.6. The Bertz CT molecular complexity index is 771. The summed E-state index contributed by atoms with van der Waals surface area (Å²) in [7, 11) is 0. The van der Waals surface area contributed by atoms with E-state index in [2.05, 4.69) is 16.9 Å². The van der Waals surface area contributed by atoms with Crippen molar-refractivity contribution in [2.75, 3.05) is 5.32 Å². The third-order valence-corrected chi connectivity index (χ3v) is 4.07. The van der Waals surface area contributed by atoms with E-state index in [0.717, 1.165) is 11.8 Å². The molecule has 126 valence electrons. The molecule has 0 atom stereocenters. The summed E-state index contributed by atoms with van der Waals surface area (Å²) in [6.45, 7) is 9.32. The van der Waals surface area contributed by atoms with E-state index in [0.29, 0.717) is 14.7 Å². The van der Waals surface area contributed by atoms with Crippen molar-refractivity contribution in [3.05, 3.63) is 63.6 Å². The molecule has 0 saturated carbocycles. The highest BCUT2D eigenvalue weighted by molar-refractivity contribution is 14.1. The highest BCUT2D eigenvalue weighted by atomic mass is 127. The summed E-state index contributed by atoms with van der Waals surface area (Å²) in [5.74, 6) is -0.263. The number of pyridine rings is 1. The van der Waals surface area contributed by atoms with Gasteiger partial charge >= 0.3 is 6.09 Å². The normalized spacial score (nSPS) is 11.0. The van der Waals surface area contributed by atoms with E-state index in [9.17, 15) is 9.18 Å². The number of carbonyl (C=O) groups is 1. The predicted octanol–water partition coefficient (Wildman–Crippen LogP) is 5.23. The zero-order valence-corrected chi connectivity index (χ0v) is 15.8. The average molecular weight is 440 g/mol. The zero-order valence-electron chi connectivity index (χ0n) is 13.7. The molecule has 1 aromatic carbocycles. The topological polar surface area (TPSA) is 51.2 Å². The van der Waals surface area contributed by atoms with Crippen LogP contribution in [0.4, 0.5) is 15.0 Å². The Hall–Kier alpha value is -1.96. The number of rotatable bonds is 3. The summed E-state index contributed by atoms with van der Waals surface area (Å²) in [4.78, 5) is 16.0. The first-order valence-electron chi connectivity index (χ1n) is 7.28. The SMILES string of the molecule is C=C(c1ccccc1)c1c(NC(=O)OC(C)(C)C)ncc(F)c1I. The average Bonchev–Trinajstić information content (AvgIpc) is 2.50. The first-order valence-corrected chi connectivity index (χ1v) is 8.35. The number of anilines is 1. The maximum absolute atomic E-state index is 14.0. The molecule has 0 bridgehead atoms. The van der Waals surface area contributed by atoms with E-state index in [1.807, 2.05) is 52.9 Å². The van der Waals surface area contributed by atoms with Crippen LogP contribution in [0, 0.1) is 9.39 Å². The molecule has 2 aromatic rings. The Labute approximate surface area is 154 Å². The number of benzene rings is 1. The van der Waals surface area contributed by atoms with Gasteiger partial charge in [0.2, 0.25) is 0 Å². The molecule has 2 rings (SSSR count). The monoisotopic (exact) mass is 440 g/mol. The lowest BCUT2D eigenvalue weighted by molar-refractivity contribution is 0.0635. The molecular formula is C18H18FIN2O2. The van der Waals surface area contributed by atoms with Crippen LogP contribution in [0.1, 0.15) is 31.9 Å². The fourth-order valence-corrected chi connectivity index (χ4v) is 2.74. The van der Waals surface area contributed by atoms with Gasteiger partial charge in [0.25, 0.3) is 0 Å². The number of halogens is 2. The molecule has 0 aliphatic rings. The van der Waals surface area contributed by atoms with E-state index in [4.69, 9.17) is 4.74 Å². The number of amides is 1. The molecule has 24 heavy (non-hydrogen) atoms. The van der Waals surface area contributed by atoms with Gasteiger partial charge in [0.05, 0.1) is 9.77 Å². The first kappa shape index (κ1) is 18.4. The molecule has 1 heterocycles. The smallest absolute Gasteiger partial charge is 0.413 e. The van der Waals surface area contributed by atoms with E-state index in [1.165, 1.54) is 0 Å². The number of nitrogens with zero attached hydrogens (tertiary/aromatic N) is 1. The zero-order chi connectivity index (χ0) is 17.9. The van der Waals surface area contributed by atoms with E-state index < -0.39 is 17.5 Å². The first-order chi connectivity index (χ1) is 11.2. The van der Waals surface area contributed by atoms with Gasteiger partial charge in [-0.25, -0.2) is 14.2 Å².